The number of anilines is 1. The lowest BCUT2D eigenvalue weighted by atomic mass is 9.93. The molecule has 1 saturated heterocycles. The summed E-state index contributed by atoms with van der Waals surface area (Å²) in [6, 6.07) is 1.99. The molecule has 1 fully saturated rings. The summed E-state index contributed by atoms with van der Waals surface area (Å²) in [5.41, 5.74) is 0.944. The number of piperidine rings is 1. The molecule has 0 aromatic carbocycles. The molecule has 138 valence electrons. The Hall–Kier alpha value is -2.44. The van der Waals surface area contributed by atoms with Gasteiger partial charge in [0.05, 0.1) is 11.6 Å². The molecule has 0 saturated carbocycles. The molecular formula is C19H27N7. The summed E-state index contributed by atoms with van der Waals surface area (Å²) in [7, 11) is 1.95. The summed E-state index contributed by atoms with van der Waals surface area (Å²) >= 11 is 0. The Morgan fingerprint density at radius 2 is 2.00 bits per heavy atom. The minimum atomic E-state index is 0.761. The van der Waals surface area contributed by atoms with Crippen molar-refractivity contribution in [1.82, 2.24) is 29.5 Å². The van der Waals surface area contributed by atoms with E-state index >= 15 is 0 Å². The molecule has 4 heterocycles. The molecule has 4 rings (SSSR count). The molecule has 0 aliphatic carbocycles. The van der Waals surface area contributed by atoms with E-state index in [1.807, 2.05) is 41.1 Å². The van der Waals surface area contributed by atoms with Crippen LogP contribution in [-0.4, -0.2) is 42.6 Å². The number of nitrogens with zero attached hydrogens (tertiary/aromatic N) is 7. The largest absolute Gasteiger partial charge is 0.356 e. The van der Waals surface area contributed by atoms with Gasteiger partial charge in [0.25, 0.3) is 0 Å². The zero-order valence-electron chi connectivity index (χ0n) is 15.7. The molecule has 7 nitrogen and oxygen atoms in total. The van der Waals surface area contributed by atoms with Gasteiger partial charge in [-0.3, -0.25) is 9.36 Å². The first kappa shape index (κ1) is 17.0. The fraction of sp³-hybridized carbons (Fsp3) is 0.579. The van der Waals surface area contributed by atoms with E-state index in [9.17, 15) is 0 Å². The predicted molar refractivity (Wildman–Crippen MR) is 102 cm³/mol. The molecule has 0 bridgehead atoms. The summed E-state index contributed by atoms with van der Waals surface area (Å²) in [5.74, 6) is 2.76. The number of aryl methyl sites for hydroxylation is 3. The van der Waals surface area contributed by atoms with Crippen molar-refractivity contribution in [2.24, 2.45) is 13.0 Å². The molecule has 0 radical (unpaired) electrons. The number of hydrogen-bond acceptors (Lipinski definition) is 5. The maximum absolute atomic E-state index is 4.89. The Morgan fingerprint density at radius 1 is 1.15 bits per heavy atom. The number of hydrogen-bond donors (Lipinski definition) is 0. The summed E-state index contributed by atoms with van der Waals surface area (Å²) < 4.78 is 3.89. The van der Waals surface area contributed by atoms with E-state index in [0.29, 0.717) is 0 Å². The van der Waals surface area contributed by atoms with Gasteiger partial charge >= 0.3 is 0 Å². The van der Waals surface area contributed by atoms with Crippen molar-refractivity contribution in [2.75, 3.05) is 18.0 Å². The van der Waals surface area contributed by atoms with Crippen LogP contribution in [0.25, 0.3) is 11.0 Å². The van der Waals surface area contributed by atoms with E-state index in [2.05, 4.69) is 22.0 Å². The highest BCUT2D eigenvalue weighted by atomic mass is 15.3. The Bertz CT molecular complexity index is 844. The monoisotopic (exact) mass is 353 g/mol. The van der Waals surface area contributed by atoms with Crippen LogP contribution in [0.2, 0.25) is 0 Å². The van der Waals surface area contributed by atoms with E-state index in [0.717, 1.165) is 61.1 Å². The first-order valence-corrected chi connectivity index (χ1v) is 9.65. The molecule has 0 N–H and O–H groups in total. The molecular weight excluding hydrogens is 326 g/mol. The van der Waals surface area contributed by atoms with Crippen LogP contribution in [0.3, 0.4) is 0 Å². The third-order valence-corrected chi connectivity index (χ3v) is 5.33. The number of rotatable bonds is 6. The van der Waals surface area contributed by atoms with Gasteiger partial charge < -0.3 is 4.90 Å². The van der Waals surface area contributed by atoms with Crippen LogP contribution >= 0.6 is 0 Å². The highest BCUT2D eigenvalue weighted by molar-refractivity contribution is 5.87. The van der Waals surface area contributed by atoms with Crippen molar-refractivity contribution in [3.63, 3.8) is 0 Å². The maximum Gasteiger partial charge on any atom is 0.163 e. The third-order valence-electron chi connectivity index (χ3n) is 5.33. The van der Waals surface area contributed by atoms with Crippen molar-refractivity contribution >= 4 is 16.9 Å². The number of aromatic nitrogens is 6. The van der Waals surface area contributed by atoms with E-state index < -0.39 is 0 Å². The second kappa shape index (κ2) is 7.43. The lowest BCUT2D eigenvalue weighted by Crippen LogP contribution is -2.35. The van der Waals surface area contributed by atoms with Gasteiger partial charge in [0.1, 0.15) is 11.6 Å². The second-order valence-electron chi connectivity index (χ2n) is 7.21. The van der Waals surface area contributed by atoms with E-state index in [1.54, 1.807) is 0 Å². The van der Waals surface area contributed by atoms with Gasteiger partial charge in [0.2, 0.25) is 0 Å². The van der Waals surface area contributed by atoms with Crippen molar-refractivity contribution in [2.45, 2.75) is 45.6 Å². The fourth-order valence-electron chi connectivity index (χ4n) is 3.81. The normalized spacial score (nSPS) is 15.8. The van der Waals surface area contributed by atoms with Crippen LogP contribution in [0.5, 0.6) is 0 Å². The van der Waals surface area contributed by atoms with Gasteiger partial charge in [-0.1, -0.05) is 6.92 Å². The molecule has 3 aromatic heterocycles. The van der Waals surface area contributed by atoms with Crippen molar-refractivity contribution < 1.29 is 0 Å². The first-order chi connectivity index (χ1) is 12.7. The lowest BCUT2D eigenvalue weighted by Gasteiger charge is -2.33. The van der Waals surface area contributed by atoms with Crippen molar-refractivity contribution in [1.29, 1.82) is 0 Å². The first-order valence-electron chi connectivity index (χ1n) is 9.65. The van der Waals surface area contributed by atoms with Crippen molar-refractivity contribution in [3.05, 3.63) is 30.5 Å². The highest BCUT2D eigenvalue weighted by Crippen LogP contribution is 2.29. The minimum absolute atomic E-state index is 0.761. The quantitative estimate of drug-likeness (QED) is 0.682. The molecule has 0 atom stereocenters. The molecule has 0 amide bonds. The Balaban J connectivity index is 1.46. The molecule has 26 heavy (non-hydrogen) atoms. The lowest BCUT2D eigenvalue weighted by molar-refractivity contribution is 0.353. The van der Waals surface area contributed by atoms with E-state index in [1.165, 1.54) is 19.3 Å². The Labute approximate surface area is 154 Å². The molecule has 7 heteroatoms. The van der Waals surface area contributed by atoms with Crippen molar-refractivity contribution in [3.8, 4) is 0 Å². The zero-order chi connectivity index (χ0) is 17.9. The average Bonchev–Trinajstić information content (AvgIpc) is 3.31. The molecule has 0 spiro atoms. The summed E-state index contributed by atoms with van der Waals surface area (Å²) in [5, 5.41) is 9.78. The molecule has 1 aliphatic heterocycles. The molecule has 0 unspecified atom stereocenters. The van der Waals surface area contributed by atoms with Gasteiger partial charge in [-0.25, -0.2) is 9.97 Å². The molecule has 1 aliphatic rings. The van der Waals surface area contributed by atoms with E-state index in [4.69, 9.17) is 9.97 Å². The van der Waals surface area contributed by atoms with Crippen LogP contribution < -0.4 is 4.90 Å². The van der Waals surface area contributed by atoms with Gasteiger partial charge in [-0.05, 0) is 37.7 Å². The maximum atomic E-state index is 4.89. The smallest absolute Gasteiger partial charge is 0.163 e. The van der Waals surface area contributed by atoms with Gasteiger partial charge in [-0.2, -0.15) is 10.2 Å². The van der Waals surface area contributed by atoms with Crippen LogP contribution in [0.1, 0.15) is 38.4 Å². The summed E-state index contributed by atoms with van der Waals surface area (Å²) in [6.07, 6.45) is 11.4. The van der Waals surface area contributed by atoms with Crippen LogP contribution in [0.4, 0.5) is 5.82 Å². The minimum Gasteiger partial charge on any atom is -0.356 e. The van der Waals surface area contributed by atoms with Crippen LogP contribution in [0.15, 0.2) is 24.7 Å². The average molecular weight is 353 g/mol. The summed E-state index contributed by atoms with van der Waals surface area (Å²) in [6.45, 7) is 5.28. The topological polar surface area (TPSA) is 64.7 Å². The van der Waals surface area contributed by atoms with Crippen LogP contribution in [0, 0.1) is 5.92 Å². The Morgan fingerprint density at radius 3 is 2.73 bits per heavy atom. The number of fused-ring (bicyclic) bond motifs is 1. The standard InChI is InChI=1S/C19H27N7/c1-3-5-17-22-18-16(14-21-24(18)2)19(23-17)25-11-6-15(7-12-25)8-13-26-10-4-9-20-26/h4,9-10,14-15H,3,5-8,11-13H2,1-2H3. The zero-order valence-corrected chi connectivity index (χ0v) is 15.7. The van der Waals surface area contributed by atoms with Gasteiger partial charge in [0.15, 0.2) is 5.65 Å². The SMILES string of the molecule is CCCc1nc(N2CCC(CCn3cccn3)CC2)c2cnn(C)c2n1. The van der Waals surface area contributed by atoms with Gasteiger partial charge in [-0.15, -0.1) is 0 Å². The predicted octanol–water partition coefficient (Wildman–Crippen LogP) is 2.82. The Kier molecular flexibility index (Phi) is 4.86. The third kappa shape index (κ3) is 3.43. The van der Waals surface area contributed by atoms with E-state index in [-0.39, 0.29) is 0 Å². The summed E-state index contributed by atoms with van der Waals surface area (Å²) in [4.78, 5) is 12.0. The second-order valence-corrected chi connectivity index (χ2v) is 7.21. The molecule has 3 aromatic rings. The van der Waals surface area contributed by atoms with Crippen LogP contribution in [-0.2, 0) is 20.0 Å². The van der Waals surface area contributed by atoms with Gasteiger partial charge in [0, 0.05) is 45.5 Å². The highest BCUT2D eigenvalue weighted by Gasteiger charge is 2.23. The fourth-order valence-corrected chi connectivity index (χ4v) is 3.81.